The van der Waals surface area contributed by atoms with Gasteiger partial charge in [0.2, 0.25) is 0 Å². The van der Waals surface area contributed by atoms with Crippen LogP contribution < -0.4 is 0 Å². The van der Waals surface area contributed by atoms with E-state index in [4.69, 9.17) is 0 Å². The third kappa shape index (κ3) is 3.74. The Hall–Kier alpha value is 0.0500. The maximum atomic E-state index is 3.55. The Balaban J connectivity index is 2.50. The van der Waals surface area contributed by atoms with Gasteiger partial charge in [0, 0.05) is 15.5 Å². The third-order valence-corrected chi connectivity index (χ3v) is 4.21. The van der Waals surface area contributed by atoms with Crippen LogP contribution >= 0.6 is 27.7 Å². The zero-order valence-electron chi connectivity index (χ0n) is 8.09. The number of hydrogen-bond acceptors (Lipinski definition) is 1. The maximum absolute atomic E-state index is 3.55. The average molecular weight is 259 g/mol. The lowest BCUT2D eigenvalue weighted by molar-refractivity contribution is 0.905. The van der Waals surface area contributed by atoms with Gasteiger partial charge in [0.1, 0.15) is 0 Å². The van der Waals surface area contributed by atoms with Crippen molar-refractivity contribution in [3.63, 3.8) is 0 Å². The molecule has 0 amide bonds. The van der Waals surface area contributed by atoms with Crippen molar-refractivity contribution in [1.29, 1.82) is 0 Å². The quantitative estimate of drug-likeness (QED) is 0.768. The Bertz CT molecular complexity index is 260. The van der Waals surface area contributed by atoms with Gasteiger partial charge in [-0.3, -0.25) is 0 Å². The monoisotopic (exact) mass is 258 g/mol. The average Bonchev–Trinajstić information content (AvgIpc) is 2.16. The molecule has 1 rings (SSSR count). The predicted molar refractivity (Wildman–Crippen MR) is 65.2 cm³/mol. The second-order valence-electron chi connectivity index (χ2n) is 3.12. The first kappa shape index (κ1) is 11.1. The van der Waals surface area contributed by atoms with E-state index in [1.807, 2.05) is 11.8 Å². The van der Waals surface area contributed by atoms with Crippen LogP contribution in [-0.4, -0.2) is 5.25 Å². The second-order valence-corrected chi connectivity index (χ2v) is 5.40. The smallest absolute Gasteiger partial charge is 0.0215 e. The van der Waals surface area contributed by atoms with E-state index >= 15 is 0 Å². The van der Waals surface area contributed by atoms with Crippen molar-refractivity contribution >= 4 is 27.7 Å². The van der Waals surface area contributed by atoms with Crippen LogP contribution in [0.4, 0.5) is 0 Å². The molecule has 1 aromatic rings. The minimum Gasteiger partial charge on any atom is -0.154 e. The minimum atomic E-state index is 0.757. The van der Waals surface area contributed by atoms with E-state index in [0.717, 1.165) is 11.0 Å². The molecule has 0 saturated carbocycles. The van der Waals surface area contributed by atoms with Gasteiger partial charge >= 0.3 is 0 Å². The molecule has 0 bridgehead atoms. The fraction of sp³-hybridized carbons (Fsp3) is 0.455. The summed E-state index contributed by atoms with van der Waals surface area (Å²) >= 11 is 5.57. The molecule has 0 heterocycles. The number of thioether (sulfide) groups is 1. The van der Waals surface area contributed by atoms with Crippen molar-refractivity contribution in [1.82, 2.24) is 0 Å². The van der Waals surface area contributed by atoms with E-state index in [1.54, 1.807) is 0 Å². The van der Waals surface area contributed by atoms with Gasteiger partial charge in [-0.15, -0.1) is 0 Å². The van der Waals surface area contributed by atoms with Crippen LogP contribution in [0.25, 0.3) is 0 Å². The van der Waals surface area contributed by atoms with Gasteiger partial charge in [-0.25, -0.2) is 0 Å². The van der Waals surface area contributed by atoms with Gasteiger partial charge in [0.25, 0.3) is 0 Å². The van der Waals surface area contributed by atoms with Crippen LogP contribution in [0.15, 0.2) is 28.7 Å². The van der Waals surface area contributed by atoms with Crippen molar-refractivity contribution in [2.24, 2.45) is 0 Å². The summed E-state index contributed by atoms with van der Waals surface area (Å²) in [5, 5.41) is 0.757. The van der Waals surface area contributed by atoms with Gasteiger partial charge in [-0.1, -0.05) is 48.0 Å². The van der Waals surface area contributed by atoms with Crippen LogP contribution in [0.1, 0.15) is 25.8 Å². The number of benzene rings is 1. The summed E-state index contributed by atoms with van der Waals surface area (Å²) in [6, 6.07) is 8.44. The van der Waals surface area contributed by atoms with E-state index < -0.39 is 0 Å². The molecule has 0 spiro atoms. The highest BCUT2D eigenvalue weighted by atomic mass is 79.9. The number of rotatable bonds is 4. The predicted octanol–water partition coefficient (Wildman–Crippen LogP) is 4.48. The Labute approximate surface area is 93.2 Å². The highest BCUT2D eigenvalue weighted by Crippen LogP contribution is 2.24. The molecule has 0 unspecified atom stereocenters. The molecule has 0 N–H and O–H groups in total. The van der Waals surface area contributed by atoms with Crippen molar-refractivity contribution in [3.05, 3.63) is 34.3 Å². The molecule has 0 fully saturated rings. The maximum Gasteiger partial charge on any atom is 0.0215 e. The molecule has 1 atom stereocenters. The van der Waals surface area contributed by atoms with Crippen LogP contribution in [-0.2, 0) is 5.75 Å². The summed E-state index contributed by atoms with van der Waals surface area (Å²) in [7, 11) is 0. The molecular weight excluding hydrogens is 244 g/mol. The van der Waals surface area contributed by atoms with Crippen molar-refractivity contribution in [2.75, 3.05) is 0 Å². The molecule has 1 aromatic carbocycles. The highest BCUT2D eigenvalue weighted by molar-refractivity contribution is 9.10. The summed E-state index contributed by atoms with van der Waals surface area (Å²) < 4.78 is 1.23. The second kappa shape index (κ2) is 5.71. The highest BCUT2D eigenvalue weighted by Gasteiger charge is 2.02. The van der Waals surface area contributed by atoms with E-state index in [2.05, 4.69) is 54.0 Å². The number of hydrogen-bond donors (Lipinski definition) is 0. The molecule has 0 aromatic heterocycles. The minimum absolute atomic E-state index is 0.757. The summed E-state index contributed by atoms with van der Waals surface area (Å²) in [5.74, 6) is 1.11. The Kier molecular flexibility index (Phi) is 4.89. The third-order valence-electron chi connectivity index (χ3n) is 2.06. The van der Waals surface area contributed by atoms with Crippen LogP contribution in [0.5, 0.6) is 0 Å². The van der Waals surface area contributed by atoms with Crippen LogP contribution in [0.3, 0.4) is 0 Å². The van der Waals surface area contributed by atoms with Gasteiger partial charge in [0.05, 0.1) is 0 Å². The fourth-order valence-corrected chi connectivity index (χ4v) is 2.53. The standard InChI is InChI=1S/C11H15BrS/c1-3-9(2)13-8-10-6-4-5-7-11(10)12/h4-7,9H,3,8H2,1-2H3/t9-/m0/s1. The summed E-state index contributed by atoms with van der Waals surface area (Å²) in [4.78, 5) is 0. The van der Waals surface area contributed by atoms with Gasteiger partial charge in [-0.2, -0.15) is 11.8 Å². The van der Waals surface area contributed by atoms with Gasteiger partial charge < -0.3 is 0 Å². The van der Waals surface area contributed by atoms with Crippen molar-refractivity contribution in [2.45, 2.75) is 31.3 Å². The largest absolute Gasteiger partial charge is 0.154 e. The Morgan fingerprint density at radius 2 is 2.08 bits per heavy atom. The van der Waals surface area contributed by atoms with E-state index in [0.29, 0.717) is 0 Å². The molecule has 0 aliphatic carbocycles. The molecule has 72 valence electrons. The van der Waals surface area contributed by atoms with Crippen LogP contribution in [0.2, 0.25) is 0 Å². The van der Waals surface area contributed by atoms with Crippen LogP contribution in [0, 0.1) is 0 Å². The molecule has 0 aliphatic heterocycles. The molecule has 2 heteroatoms. The summed E-state index contributed by atoms with van der Waals surface area (Å²) in [6.07, 6.45) is 1.25. The first-order valence-corrected chi connectivity index (χ1v) is 6.43. The molecule has 0 radical (unpaired) electrons. The molecule has 0 saturated heterocycles. The normalized spacial score (nSPS) is 12.8. The number of halogens is 1. The zero-order chi connectivity index (χ0) is 9.68. The van der Waals surface area contributed by atoms with Gasteiger partial charge in [0.15, 0.2) is 0 Å². The fourth-order valence-electron chi connectivity index (χ4n) is 0.965. The first-order valence-electron chi connectivity index (χ1n) is 4.59. The van der Waals surface area contributed by atoms with E-state index in [9.17, 15) is 0 Å². The molecule has 0 nitrogen and oxygen atoms in total. The summed E-state index contributed by atoms with van der Waals surface area (Å²) in [6.45, 7) is 4.51. The lowest BCUT2D eigenvalue weighted by atomic mass is 10.2. The summed E-state index contributed by atoms with van der Waals surface area (Å²) in [5.41, 5.74) is 1.40. The van der Waals surface area contributed by atoms with E-state index in [1.165, 1.54) is 16.5 Å². The Morgan fingerprint density at radius 1 is 1.38 bits per heavy atom. The zero-order valence-corrected chi connectivity index (χ0v) is 10.5. The molecular formula is C11H15BrS. The van der Waals surface area contributed by atoms with Crippen molar-refractivity contribution in [3.8, 4) is 0 Å². The molecule has 13 heavy (non-hydrogen) atoms. The van der Waals surface area contributed by atoms with Gasteiger partial charge in [-0.05, 0) is 18.1 Å². The molecule has 0 aliphatic rings. The lowest BCUT2D eigenvalue weighted by Crippen LogP contribution is -1.93. The van der Waals surface area contributed by atoms with E-state index in [-0.39, 0.29) is 0 Å². The topological polar surface area (TPSA) is 0 Å². The first-order chi connectivity index (χ1) is 6.24. The Morgan fingerprint density at radius 3 is 2.69 bits per heavy atom. The van der Waals surface area contributed by atoms with Crippen molar-refractivity contribution < 1.29 is 0 Å². The SMILES string of the molecule is CC[C@H](C)SCc1ccccc1Br. The lowest BCUT2D eigenvalue weighted by Gasteiger charge is -2.08.